The van der Waals surface area contributed by atoms with E-state index in [0.717, 1.165) is 9.87 Å². The number of amides is 2. The van der Waals surface area contributed by atoms with Crippen molar-refractivity contribution in [2.75, 3.05) is 18.0 Å². The number of ether oxygens (including phenoxy) is 1. The Morgan fingerprint density at radius 1 is 1.05 bits per heavy atom. The monoisotopic (exact) mass is 647 g/mol. The molecule has 0 aliphatic heterocycles. The summed E-state index contributed by atoms with van der Waals surface area (Å²) in [6.07, 6.45) is 0.677. The molecule has 0 aliphatic rings. The summed E-state index contributed by atoms with van der Waals surface area (Å²) in [5.74, 6) is -1.19. The molecule has 2 atom stereocenters. The third-order valence-corrected chi connectivity index (χ3v) is 9.17. The fraction of sp³-hybridized carbons (Fsp3) is 0.333. The van der Waals surface area contributed by atoms with Crippen LogP contribution in [-0.2, 0) is 26.2 Å². The predicted molar refractivity (Wildman–Crippen MR) is 161 cm³/mol. The molecule has 2 amide bonds. The van der Waals surface area contributed by atoms with Crippen molar-refractivity contribution in [3.63, 3.8) is 0 Å². The minimum Gasteiger partial charge on any atom is -0.496 e. The summed E-state index contributed by atoms with van der Waals surface area (Å²) in [5.41, 5.74) is 1.37. The smallest absolute Gasteiger partial charge is 0.264 e. The van der Waals surface area contributed by atoms with E-state index in [1.54, 1.807) is 37.3 Å². The highest BCUT2D eigenvalue weighted by Crippen LogP contribution is 2.31. The van der Waals surface area contributed by atoms with Gasteiger partial charge < -0.3 is 15.0 Å². The Morgan fingerprint density at radius 3 is 2.29 bits per heavy atom. The molecule has 0 aromatic heterocycles. The first kappa shape index (κ1) is 32.1. The van der Waals surface area contributed by atoms with Crippen LogP contribution in [0.3, 0.4) is 0 Å². The zero-order chi connectivity index (χ0) is 30.3. The van der Waals surface area contributed by atoms with Crippen molar-refractivity contribution in [1.29, 1.82) is 0 Å². The first-order valence-electron chi connectivity index (χ1n) is 13.1. The highest BCUT2D eigenvalue weighted by atomic mass is 79.9. The van der Waals surface area contributed by atoms with Crippen LogP contribution in [0.5, 0.6) is 5.75 Å². The van der Waals surface area contributed by atoms with Gasteiger partial charge in [0.25, 0.3) is 10.0 Å². The molecule has 0 heterocycles. The minimum absolute atomic E-state index is 0.0678. The molecule has 3 rings (SSSR count). The molecule has 0 bridgehead atoms. The molecule has 0 aliphatic carbocycles. The second-order valence-corrected chi connectivity index (χ2v) is 12.5. The van der Waals surface area contributed by atoms with Crippen molar-refractivity contribution in [3.05, 3.63) is 88.1 Å². The number of methoxy groups -OCH3 is 1. The largest absolute Gasteiger partial charge is 0.496 e. The summed E-state index contributed by atoms with van der Waals surface area (Å²) in [5, 5.41) is 2.85. The van der Waals surface area contributed by atoms with E-state index in [9.17, 15) is 22.4 Å². The summed E-state index contributed by atoms with van der Waals surface area (Å²) < 4.78 is 49.3. The number of nitrogens with one attached hydrogen (secondary N) is 1. The van der Waals surface area contributed by atoms with E-state index >= 15 is 0 Å². The summed E-state index contributed by atoms with van der Waals surface area (Å²) in [6, 6.07) is 15.8. The quantitative estimate of drug-likeness (QED) is 0.283. The van der Waals surface area contributed by atoms with Crippen LogP contribution in [0.15, 0.2) is 76.1 Å². The molecule has 8 nitrogen and oxygen atoms in total. The standard InChI is InChI=1S/C30H35BrFN3O5S/c1-6-21(3)33-30(37)22(4)34(18-23-9-7-8-10-27(23)32)29(36)19-35(24-13-11-20(2)12-14-24)41(38,39)25-15-16-28(40-5)26(31)17-25/h7-17,21-22H,6,18-19H2,1-5H3,(H,33,37)/t21-,22+/m1/s1. The number of carbonyl (C=O) groups is 2. The summed E-state index contributed by atoms with van der Waals surface area (Å²) in [7, 11) is -2.80. The van der Waals surface area contributed by atoms with E-state index in [0.29, 0.717) is 16.6 Å². The molecule has 11 heteroatoms. The molecule has 0 unspecified atom stereocenters. The van der Waals surface area contributed by atoms with Gasteiger partial charge in [0.2, 0.25) is 11.8 Å². The Balaban J connectivity index is 2.06. The second-order valence-electron chi connectivity index (χ2n) is 9.75. The van der Waals surface area contributed by atoms with Gasteiger partial charge in [-0.1, -0.05) is 42.8 Å². The van der Waals surface area contributed by atoms with Crippen LogP contribution in [0.25, 0.3) is 0 Å². The Morgan fingerprint density at radius 2 is 1.71 bits per heavy atom. The normalized spacial score (nSPS) is 12.8. The van der Waals surface area contributed by atoms with Gasteiger partial charge in [-0.25, -0.2) is 12.8 Å². The number of halogens is 2. The number of hydrogen-bond acceptors (Lipinski definition) is 5. The third kappa shape index (κ3) is 7.85. The van der Waals surface area contributed by atoms with E-state index in [4.69, 9.17) is 4.74 Å². The fourth-order valence-corrected chi connectivity index (χ4v) is 6.17. The molecule has 3 aromatic carbocycles. The predicted octanol–water partition coefficient (Wildman–Crippen LogP) is 5.43. The van der Waals surface area contributed by atoms with Crippen molar-refractivity contribution in [3.8, 4) is 5.75 Å². The maximum Gasteiger partial charge on any atom is 0.264 e. The summed E-state index contributed by atoms with van der Waals surface area (Å²) in [4.78, 5) is 28.2. The molecule has 0 radical (unpaired) electrons. The summed E-state index contributed by atoms with van der Waals surface area (Å²) >= 11 is 3.33. The van der Waals surface area contributed by atoms with Gasteiger partial charge in [-0.05, 0) is 79.5 Å². The number of nitrogens with zero attached hydrogens (tertiary/aromatic N) is 2. The van der Waals surface area contributed by atoms with E-state index in [1.165, 1.54) is 48.4 Å². The molecular formula is C30H35BrFN3O5S. The van der Waals surface area contributed by atoms with Crippen LogP contribution < -0.4 is 14.4 Å². The van der Waals surface area contributed by atoms with Crippen LogP contribution >= 0.6 is 15.9 Å². The maximum absolute atomic E-state index is 14.7. The van der Waals surface area contributed by atoms with E-state index < -0.39 is 40.2 Å². The highest BCUT2D eigenvalue weighted by Gasteiger charge is 2.33. The van der Waals surface area contributed by atoms with Crippen LogP contribution in [0, 0.1) is 12.7 Å². The van der Waals surface area contributed by atoms with Gasteiger partial charge in [0.05, 0.1) is 22.2 Å². The molecule has 3 aromatic rings. The van der Waals surface area contributed by atoms with Crippen LogP contribution in [0.1, 0.15) is 38.3 Å². The molecule has 1 N–H and O–H groups in total. The second kappa shape index (κ2) is 14.0. The lowest BCUT2D eigenvalue weighted by molar-refractivity contribution is -0.139. The number of anilines is 1. The highest BCUT2D eigenvalue weighted by molar-refractivity contribution is 9.10. The lowest BCUT2D eigenvalue weighted by Crippen LogP contribution is -2.52. The molecule has 0 spiro atoms. The lowest BCUT2D eigenvalue weighted by Gasteiger charge is -2.32. The Bertz CT molecular complexity index is 1480. The number of aryl methyl sites for hydroxylation is 1. The zero-order valence-corrected chi connectivity index (χ0v) is 26.1. The Labute approximate surface area is 249 Å². The maximum atomic E-state index is 14.7. The lowest BCUT2D eigenvalue weighted by atomic mass is 10.1. The first-order valence-corrected chi connectivity index (χ1v) is 15.4. The van der Waals surface area contributed by atoms with Crippen molar-refractivity contribution in [2.24, 2.45) is 0 Å². The number of carbonyl (C=O) groups excluding carboxylic acids is 2. The van der Waals surface area contributed by atoms with E-state index in [2.05, 4.69) is 21.2 Å². The van der Waals surface area contributed by atoms with Gasteiger partial charge in [-0.2, -0.15) is 0 Å². The molecule has 0 saturated heterocycles. The van der Waals surface area contributed by atoms with Crippen LogP contribution in [-0.4, -0.2) is 50.9 Å². The topological polar surface area (TPSA) is 96.0 Å². The third-order valence-electron chi connectivity index (χ3n) is 6.78. The average molecular weight is 649 g/mol. The van der Waals surface area contributed by atoms with Crippen LogP contribution in [0.2, 0.25) is 0 Å². The summed E-state index contributed by atoms with van der Waals surface area (Å²) in [6.45, 7) is 6.32. The number of rotatable bonds is 12. The SMILES string of the molecule is CC[C@@H](C)NC(=O)[C@H](C)N(Cc1ccccc1F)C(=O)CN(c1ccc(C)cc1)S(=O)(=O)c1ccc(OC)c(Br)c1. The van der Waals surface area contributed by atoms with Gasteiger partial charge in [0.1, 0.15) is 24.2 Å². The Hall–Kier alpha value is -3.44. The minimum atomic E-state index is -4.27. The Kier molecular flexibility index (Phi) is 10.9. The van der Waals surface area contributed by atoms with Gasteiger partial charge in [-0.15, -0.1) is 0 Å². The van der Waals surface area contributed by atoms with Gasteiger partial charge in [0, 0.05) is 18.2 Å². The molecular weight excluding hydrogens is 613 g/mol. The van der Waals surface area contributed by atoms with Crippen molar-refractivity contribution in [1.82, 2.24) is 10.2 Å². The van der Waals surface area contributed by atoms with E-state index in [-0.39, 0.29) is 28.7 Å². The molecule has 220 valence electrons. The molecule has 0 fully saturated rings. The van der Waals surface area contributed by atoms with Crippen molar-refractivity contribution in [2.45, 2.75) is 57.6 Å². The molecule has 0 saturated carbocycles. The zero-order valence-electron chi connectivity index (χ0n) is 23.7. The van der Waals surface area contributed by atoms with Gasteiger partial charge >= 0.3 is 0 Å². The van der Waals surface area contributed by atoms with Crippen LogP contribution in [0.4, 0.5) is 10.1 Å². The van der Waals surface area contributed by atoms with Crippen molar-refractivity contribution < 1.29 is 27.1 Å². The average Bonchev–Trinajstić information content (AvgIpc) is 2.95. The van der Waals surface area contributed by atoms with Gasteiger partial charge in [0.15, 0.2) is 0 Å². The fourth-order valence-electron chi connectivity index (χ4n) is 4.03. The first-order chi connectivity index (χ1) is 19.4. The number of hydrogen-bond donors (Lipinski definition) is 1. The number of benzene rings is 3. The molecule has 41 heavy (non-hydrogen) atoms. The number of sulfonamides is 1. The van der Waals surface area contributed by atoms with Gasteiger partial charge in [-0.3, -0.25) is 13.9 Å². The van der Waals surface area contributed by atoms with E-state index in [1.807, 2.05) is 20.8 Å². The van der Waals surface area contributed by atoms with Crippen molar-refractivity contribution >= 4 is 43.5 Å².